The highest BCUT2D eigenvalue weighted by molar-refractivity contribution is 5.89. The third kappa shape index (κ3) is 6.17. The molecule has 0 spiro atoms. The molecular weight excluding hydrogens is 407 g/mol. The van der Waals surface area contributed by atoms with Crippen molar-refractivity contribution in [2.45, 2.75) is 32.6 Å². The number of aryl methyl sites for hydroxylation is 1. The summed E-state index contributed by atoms with van der Waals surface area (Å²) >= 11 is 0. The number of hydrogen-bond donors (Lipinski definition) is 1. The minimum absolute atomic E-state index is 0.00841. The van der Waals surface area contributed by atoms with Gasteiger partial charge in [0, 0.05) is 5.56 Å². The number of carbonyl (C=O) groups is 1. The molecule has 0 heterocycles. The average Bonchev–Trinajstić information content (AvgIpc) is 2.81. The molecule has 3 aromatic carbocycles. The molecule has 1 N–H and O–H groups in total. The van der Waals surface area contributed by atoms with E-state index in [2.05, 4.69) is 13.5 Å². The van der Waals surface area contributed by atoms with Gasteiger partial charge in [0.1, 0.15) is 24.8 Å². The number of carbonyl (C=O) groups excluding carboxylic acids is 1. The molecule has 5 heteroatoms. The van der Waals surface area contributed by atoms with Crippen molar-refractivity contribution >= 4 is 16.7 Å². The van der Waals surface area contributed by atoms with Crippen molar-refractivity contribution in [1.29, 1.82) is 0 Å². The maximum Gasteiger partial charge on any atom is 0.335 e. The van der Waals surface area contributed by atoms with Crippen LogP contribution in [0, 0.1) is 5.82 Å². The molecule has 4 nitrogen and oxygen atoms in total. The van der Waals surface area contributed by atoms with Gasteiger partial charge >= 0.3 is 5.97 Å². The predicted octanol–water partition coefficient (Wildman–Crippen LogP) is 5.85. The third-order valence-corrected chi connectivity index (χ3v) is 5.29. The van der Waals surface area contributed by atoms with Gasteiger partial charge in [-0.25, -0.2) is 9.18 Å². The summed E-state index contributed by atoms with van der Waals surface area (Å²) in [6.07, 6.45) is 4.29. The molecule has 0 aliphatic carbocycles. The van der Waals surface area contributed by atoms with E-state index in [1.807, 2.05) is 48.5 Å². The summed E-state index contributed by atoms with van der Waals surface area (Å²) < 4.78 is 25.3. The van der Waals surface area contributed by atoms with Gasteiger partial charge in [-0.2, -0.15) is 0 Å². The predicted molar refractivity (Wildman–Crippen MR) is 125 cm³/mol. The van der Waals surface area contributed by atoms with E-state index in [1.165, 1.54) is 0 Å². The zero-order valence-corrected chi connectivity index (χ0v) is 18.4. The van der Waals surface area contributed by atoms with E-state index in [1.54, 1.807) is 6.07 Å². The Hall–Kier alpha value is -3.18. The molecule has 168 valence electrons. The van der Waals surface area contributed by atoms with Crippen LogP contribution in [0.4, 0.5) is 4.39 Å². The van der Waals surface area contributed by atoms with Crippen LogP contribution in [0.25, 0.3) is 21.9 Å². The van der Waals surface area contributed by atoms with E-state index in [4.69, 9.17) is 14.6 Å². The lowest BCUT2D eigenvalue weighted by atomic mass is 9.98. The van der Waals surface area contributed by atoms with E-state index in [-0.39, 0.29) is 24.6 Å². The smallest absolute Gasteiger partial charge is 0.335 e. The molecule has 0 aliphatic heterocycles. The van der Waals surface area contributed by atoms with Crippen LogP contribution in [0.3, 0.4) is 0 Å². The van der Waals surface area contributed by atoms with Gasteiger partial charge in [-0.1, -0.05) is 56.7 Å². The first kappa shape index (κ1) is 23.5. The standard InChI is InChI=1S/C27H29FO4/c1-3-4-5-6-20-7-12-25(26(28)15-20)23-9-8-22-17-24(11-10-21(22)16-23)31-13-14-32-27(30)19(2)18-29/h7-12,15-17,29H,2-6,13-14,18H2,1H3. The zero-order chi connectivity index (χ0) is 22.9. The van der Waals surface area contributed by atoms with Crippen LogP contribution < -0.4 is 4.74 Å². The Labute approximate surface area is 188 Å². The molecule has 32 heavy (non-hydrogen) atoms. The lowest BCUT2D eigenvalue weighted by Gasteiger charge is -2.10. The second-order valence-electron chi connectivity index (χ2n) is 7.74. The van der Waals surface area contributed by atoms with Crippen molar-refractivity contribution in [2.24, 2.45) is 0 Å². The van der Waals surface area contributed by atoms with Crippen molar-refractivity contribution in [2.75, 3.05) is 19.8 Å². The number of hydrogen-bond acceptors (Lipinski definition) is 4. The van der Waals surface area contributed by atoms with Gasteiger partial charge in [0.05, 0.1) is 12.2 Å². The van der Waals surface area contributed by atoms with Gasteiger partial charge in [0.2, 0.25) is 0 Å². The first-order valence-corrected chi connectivity index (χ1v) is 10.9. The van der Waals surface area contributed by atoms with E-state index in [9.17, 15) is 9.18 Å². The van der Waals surface area contributed by atoms with Crippen LogP contribution >= 0.6 is 0 Å². The Morgan fingerprint density at radius 3 is 2.53 bits per heavy atom. The molecule has 0 amide bonds. The number of rotatable bonds is 11. The lowest BCUT2D eigenvalue weighted by molar-refractivity contribution is -0.140. The minimum Gasteiger partial charge on any atom is -0.490 e. The largest absolute Gasteiger partial charge is 0.490 e. The van der Waals surface area contributed by atoms with Gasteiger partial charge in [-0.15, -0.1) is 0 Å². The molecule has 0 radical (unpaired) electrons. The summed E-state index contributed by atoms with van der Waals surface area (Å²) in [6.45, 7) is 5.38. The zero-order valence-electron chi connectivity index (χ0n) is 18.4. The van der Waals surface area contributed by atoms with Crippen LogP contribution in [0.1, 0.15) is 31.7 Å². The van der Waals surface area contributed by atoms with E-state index in [0.717, 1.165) is 47.6 Å². The first-order chi connectivity index (χ1) is 15.5. The highest BCUT2D eigenvalue weighted by atomic mass is 19.1. The summed E-state index contributed by atoms with van der Waals surface area (Å²) in [4.78, 5) is 11.4. The molecule has 0 bridgehead atoms. The van der Waals surface area contributed by atoms with E-state index >= 15 is 0 Å². The fourth-order valence-electron chi connectivity index (χ4n) is 3.47. The van der Waals surface area contributed by atoms with E-state index in [0.29, 0.717) is 11.3 Å². The van der Waals surface area contributed by atoms with Gasteiger partial charge in [0.15, 0.2) is 0 Å². The van der Waals surface area contributed by atoms with Crippen LogP contribution in [0.15, 0.2) is 66.7 Å². The summed E-state index contributed by atoms with van der Waals surface area (Å²) in [5, 5.41) is 10.8. The Kier molecular flexibility index (Phi) is 8.40. The number of ether oxygens (including phenoxy) is 2. The normalized spacial score (nSPS) is 10.8. The summed E-state index contributed by atoms with van der Waals surface area (Å²) in [7, 11) is 0. The number of aliphatic hydroxyl groups excluding tert-OH is 1. The Morgan fingerprint density at radius 1 is 1.00 bits per heavy atom. The van der Waals surface area contributed by atoms with E-state index < -0.39 is 12.6 Å². The fourth-order valence-corrected chi connectivity index (χ4v) is 3.47. The maximum atomic E-state index is 14.7. The molecule has 0 atom stereocenters. The maximum absolute atomic E-state index is 14.7. The van der Waals surface area contributed by atoms with Crippen molar-refractivity contribution in [3.05, 3.63) is 78.1 Å². The summed E-state index contributed by atoms with van der Waals surface area (Å²) in [5.41, 5.74) is 2.47. The highest BCUT2D eigenvalue weighted by Crippen LogP contribution is 2.29. The number of fused-ring (bicyclic) bond motifs is 1. The molecular formula is C27H29FO4. The van der Waals surface area contributed by atoms with Crippen LogP contribution in [0.2, 0.25) is 0 Å². The van der Waals surface area contributed by atoms with Crippen molar-refractivity contribution < 1.29 is 23.8 Å². The van der Waals surface area contributed by atoms with Crippen molar-refractivity contribution in [3.8, 4) is 16.9 Å². The van der Waals surface area contributed by atoms with Gasteiger partial charge in [0.25, 0.3) is 0 Å². The monoisotopic (exact) mass is 436 g/mol. The molecule has 0 fully saturated rings. The first-order valence-electron chi connectivity index (χ1n) is 10.9. The minimum atomic E-state index is -0.636. The fraction of sp³-hybridized carbons (Fsp3) is 0.296. The second-order valence-corrected chi connectivity index (χ2v) is 7.74. The Bertz CT molecular complexity index is 1090. The number of esters is 1. The highest BCUT2D eigenvalue weighted by Gasteiger charge is 2.09. The number of benzene rings is 3. The Morgan fingerprint density at radius 2 is 1.78 bits per heavy atom. The SMILES string of the molecule is C=C(CO)C(=O)OCCOc1ccc2cc(-c3ccc(CCCCC)cc3F)ccc2c1. The van der Waals surface area contributed by atoms with Crippen molar-refractivity contribution in [3.63, 3.8) is 0 Å². The number of unbranched alkanes of at least 4 members (excludes halogenated alkanes) is 2. The second kappa shape index (κ2) is 11.4. The molecule has 3 aromatic rings. The lowest BCUT2D eigenvalue weighted by Crippen LogP contribution is -2.14. The molecule has 0 unspecified atom stereocenters. The average molecular weight is 437 g/mol. The summed E-state index contributed by atoms with van der Waals surface area (Å²) in [6, 6.07) is 17.0. The molecule has 0 aromatic heterocycles. The van der Waals surface area contributed by atoms with Gasteiger partial charge in [-0.05, 0) is 59.0 Å². The molecule has 0 aliphatic rings. The summed E-state index contributed by atoms with van der Waals surface area (Å²) in [5.74, 6) is -0.190. The topological polar surface area (TPSA) is 55.8 Å². The Balaban J connectivity index is 1.64. The van der Waals surface area contributed by atoms with Gasteiger partial charge < -0.3 is 14.6 Å². The van der Waals surface area contributed by atoms with Crippen LogP contribution in [-0.2, 0) is 16.0 Å². The van der Waals surface area contributed by atoms with Crippen molar-refractivity contribution in [1.82, 2.24) is 0 Å². The van der Waals surface area contributed by atoms with Crippen LogP contribution in [-0.4, -0.2) is 30.9 Å². The number of halogens is 1. The molecule has 0 saturated carbocycles. The van der Waals surface area contributed by atoms with Crippen LogP contribution in [0.5, 0.6) is 5.75 Å². The number of aliphatic hydroxyl groups is 1. The molecule has 3 rings (SSSR count). The molecule has 0 saturated heterocycles. The third-order valence-electron chi connectivity index (χ3n) is 5.29. The van der Waals surface area contributed by atoms with Gasteiger partial charge in [-0.3, -0.25) is 0 Å². The quantitative estimate of drug-likeness (QED) is 0.233.